The second-order valence-electron chi connectivity index (χ2n) is 7.84. The van der Waals surface area contributed by atoms with Crippen LogP contribution in [0.15, 0.2) is 17.1 Å². The van der Waals surface area contributed by atoms with Gasteiger partial charge in [-0.1, -0.05) is 0 Å². The highest BCUT2D eigenvalue weighted by Crippen LogP contribution is 2.27. The molecular formula is C20H37IN6OS. The molecule has 166 valence electrons. The van der Waals surface area contributed by atoms with E-state index < -0.39 is 0 Å². The van der Waals surface area contributed by atoms with Crippen LogP contribution in [0, 0.1) is 6.92 Å². The van der Waals surface area contributed by atoms with Gasteiger partial charge in [-0.05, 0) is 33.2 Å². The number of nitrogens with one attached hydrogen (secondary N) is 2. The van der Waals surface area contributed by atoms with E-state index in [0.717, 1.165) is 65.0 Å². The number of thiophene rings is 1. The number of hydrogen-bond donors (Lipinski definition) is 2. The van der Waals surface area contributed by atoms with Crippen LogP contribution in [0.25, 0.3) is 0 Å². The van der Waals surface area contributed by atoms with E-state index in [4.69, 9.17) is 4.74 Å². The van der Waals surface area contributed by atoms with Gasteiger partial charge in [0, 0.05) is 68.7 Å². The Hall–Kier alpha value is -0.460. The van der Waals surface area contributed by atoms with Gasteiger partial charge in [0.2, 0.25) is 0 Å². The molecule has 0 radical (unpaired) electrons. The van der Waals surface area contributed by atoms with E-state index in [2.05, 4.69) is 63.5 Å². The number of aliphatic imine (C=N–C) groups is 1. The normalized spacial score (nSPS) is 23.4. The summed E-state index contributed by atoms with van der Waals surface area (Å²) in [6.07, 6.45) is 0. The first-order valence-electron chi connectivity index (χ1n) is 10.3. The van der Waals surface area contributed by atoms with Gasteiger partial charge in [0.15, 0.2) is 5.96 Å². The number of aryl methyl sites for hydroxylation is 1. The van der Waals surface area contributed by atoms with Crippen molar-refractivity contribution in [1.82, 2.24) is 25.3 Å². The van der Waals surface area contributed by atoms with Crippen molar-refractivity contribution >= 4 is 41.3 Å². The van der Waals surface area contributed by atoms with Gasteiger partial charge in [-0.2, -0.15) is 0 Å². The van der Waals surface area contributed by atoms with Gasteiger partial charge in [-0.3, -0.25) is 14.8 Å². The van der Waals surface area contributed by atoms with Crippen molar-refractivity contribution in [3.63, 3.8) is 0 Å². The molecule has 0 spiro atoms. The quantitative estimate of drug-likeness (QED) is 0.326. The third kappa shape index (κ3) is 7.32. The minimum atomic E-state index is 0. The fourth-order valence-corrected chi connectivity index (χ4v) is 4.89. The van der Waals surface area contributed by atoms with Gasteiger partial charge < -0.3 is 20.3 Å². The Balaban J connectivity index is 0.00000300. The first kappa shape index (κ1) is 24.8. The lowest BCUT2D eigenvalue weighted by atomic mass is 10.2. The fourth-order valence-electron chi connectivity index (χ4n) is 3.88. The van der Waals surface area contributed by atoms with Crippen molar-refractivity contribution < 1.29 is 4.74 Å². The Labute approximate surface area is 196 Å². The molecular weight excluding hydrogens is 499 g/mol. The van der Waals surface area contributed by atoms with Gasteiger partial charge in [0.1, 0.15) is 0 Å². The summed E-state index contributed by atoms with van der Waals surface area (Å²) in [6.45, 7) is 10.9. The summed E-state index contributed by atoms with van der Waals surface area (Å²) in [7, 11) is 6.26. The molecule has 9 heteroatoms. The van der Waals surface area contributed by atoms with Crippen LogP contribution < -0.4 is 10.6 Å². The zero-order valence-corrected chi connectivity index (χ0v) is 21.3. The number of ether oxygens (including phenoxy) is 1. The smallest absolute Gasteiger partial charge is 0.191 e. The monoisotopic (exact) mass is 536 g/mol. The Morgan fingerprint density at radius 3 is 2.62 bits per heavy atom. The van der Waals surface area contributed by atoms with Gasteiger partial charge in [0.25, 0.3) is 0 Å². The molecule has 0 aromatic carbocycles. The average Bonchev–Trinajstić information content (AvgIpc) is 3.13. The topological polar surface area (TPSA) is 55.4 Å². The van der Waals surface area contributed by atoms with E-state index in [1.165, 1.54) is 9.75 Å². The van der Waals surface area contributed by atoms with Crippen LogP contribution in [0.5, 0.6) is 0 Å². The number of halogens is 1. The van der Waals surface area contributed by atoms with E-state index in [-0.39, 0.29) is 24.0 Å². The molecule has 0 amide bonds. The van der Waals surface area contributed by atoms with Gasteiger partial charge in [-0.25, -0.2) is 0 Å². The molecule has 2 aliphatic heterocycles. The molecule has 2 atom stereocenters. The van der Waals surface area contributed by atoms with Crippen molar-refractivity contribution in [1.29, 1.82) is 0 Å². The van der Waals surface area contributed by atoms with E-state index in [9.17, 15) is 0 Å². The van der Waals surface area contributed by atoms with Crippen LogP contribution in [0.3, 0.4) is 0 Å². The molecule has 0 bridgehead atoms. The molecule has 2 saturated heterocycles. The van der Waals surface area contributed by atoms with Crippen LogP contribution in [0.1, 0.15) is 15.8 Å². The number of guanidine groups is 1. The van der Waals surface area contributed by atoms with E-state index in [0.29, 0.717) is 12.1 Å². The molecule has 3 heterocycles. The highest BCUT2D eigenvalue weighted by Gasteiger charge is 2.25. The molecule has 2 unspecified atom stereocenters. The Morgan fingerprint density at radius 2 is 1.97 bits per heavy atom. The fraction of sp³-hybridized carbons (Fsp3) is 0.750. The predicted molar refractivity (Wildman–Crippen MR) is 133 cm³/mol. The van der Waals surface area contributed by atoms with E-state index >= 15 is 0 Å². The van der Waals surface area contributed by atoms with Crippen molar-refractivity contribution in [3.05, 3.63) is 21.9 Å². The first-order chi connectivity index (χ1) is 13.6. The number of morpholine rings is 1. The summed E-state index contributed by atoms with van der Waals surface area (Å²) < 4.78 is 5.56. The third-order valence-electron chi connectivity index (χ3n) is 5.75. The highest BCUT2D eigenvalue weighted by molar-refractivity contribution is 14.0. The summed E-state index contributed by atoms with van der Waals surface area (Å²) in [5.74, 6) is 0.883. The summed E-state index contributed by atoms with van der Waals surface area (Å²) in [6, 6.07) is 5.35. The molecule has 0 aliphatic carbocycles. The van der Waals surface area contributed by atoms with Crippen molar-refractivity contribution in [3.8, 4) is 0 Å². The molecule has 2 aliphatic rings. The zero-order valence-electron chi connectivity index (χ0n) is 18.2. The molecule has 1 aromatic heterocycles. The van der Waals surface area contributed by atoms with E-state index in [1.54, 1.807) is 0 Å². The van der Waals surface area contributed by atoms with Crippen LogP contribution in [-0.4, -0.2) is 107 Å². The molecule has 2 fully saturated rings. The summed E-state index contributed by atoms with van der Waals surface area (Å²) in [5.41, 5.74) is 0. The number of nitrogens with zero attached hydrogens (tertiary/aromatic N) is 4. The lowest BCUT2D eigenvalue weighted by Gasteiger charge is -2.38. The molecule has 2 N–H and O–H groups in total. The van der Waals surface area contributed by atoms with Crippen LogP contribution in [-0.2, 0) is 4.74 Å². The molecule has 29 heavy (non-hydrogen) atoms. The van der Waals surface area contributed by atoms with Crippen molar-refractivity contribution in [2.75, 3.05) is 80.2 Å². The zero-order chi connectivity index (χ0) is 19.9. The molecule has 3 rings (SSSR count). The standard InChI is InChI=1S/C20H36N6OS.HI/c1-16-5-6-19(28-16)18(26-9-11-27-12-10-26)14-23-20(21-2)22-13-17-15-24(3)7-8-25(17)4;/h5-6,17-18H,7-15H2,1-4H3,(H2,21,22,23);1H. The van der Waals surface area contributed by atoms with Gasteiger partial charge in [-0.15, -0.1) is 35.3 Å². The van der Waals surface area contributed by atoms with Crippen LogP contribution >= 0.6 is 35.3 Å². The first-order valence-corrected chi connectivity index (χ1v) is 11.1. The van der Waals surface area contributed by atoms with Gasteiger partial charge in [0.05, 0.1) is 19.3 Å². The second kappa shape index (κ2) is 12.4. The van der Waals surface area contributed by atoms with Gasteiger partial charge >= 0.3 is 0 Å². The minimum absolute atomic E-state index is 0. The minimum Gasteiger partial charge on any atom is -0.379 e. The molecule has 7 nitrogen and oxygen atoms in total. The third-order valence-corrected chi connectivity index (χ3v) is 6.85. The lowest BCUT2D eigenvalue weighted by Crippen LogP contribution is -2.55. The van der Waals surface area contributed by atoms with E-state index in [1.807, 2.05) is 18.4 Å². The Morgan fingerprint density at radius 1 is 1.21 bits per heavy atom. The predicted octanol–water partition coefficient (Wildman–Crippen LogP) is 1.46. The summed E-state index contributed by atoms with van der Waals surface area (Å²) >= 11 is 1.89. The maximum atomic E-state index is 5.56. The number of likely N-dealkylation sites (N-methyl/N-ethyl adjacent to an activating group) is 2. The molecule has 1 aromatic rings. The Bertz CT molecular complexity index is 636. The highest BCUT2D eigenvalue weighted by atomic mass is 127. The van der Waals surface area contributed by atoms with Crippen LogP contribution in [0.2, 0.25) is 0 Å². The number of piperazine rings is 1. The number of rotatable bonds is 6. The lowest BCUT2D eigenvalue weighted by molar-refractivity contribution is 0.0177. The SMILES string of the molecule is CN=C(NCC1CN(C)CCN1C)NCC(c1ccc(C)s1)N1CCOCC1.I. The van der Waals surface area contributed by atoms with Crippen molar-refractivity contribution in [2.45, 2.75) is 19.0 Å². The molecule has 0 saturated carbocycles. The maximum absolute atomic E-state index is 5.56. The van der Waals surface area contributed by atoms with Crippen LogP contribution in [0.4, 0.5) is 0 Å². The average molecular weight is 537 g/mol. The largest absolute Gasteiger partial charge is 0.379 e. The summed E-state index contributed by atoms with van der Waals surface area (Å²) in [5, 5.41) is 7.11. The Kier molecular flexibility index (Phi) is 10.6. The number of hydrogen-bond acceptors (Lipinski definition) is 6. The summed E-state index contributed by atoms with van der Waals surface area (Å²) in [4.78, 5) is 14.6. The maximum Gasteiger partial charge on any atom is 0.191 e. The van der Waals surface area contributed by atoms with Crippen molar-refractivity contribution in [2.24, 2.45) is 4.99 Å². The second-order valence-corrected chi connectivity index (χ2v) is 9.16.